The fourth-order valence-corrected chi connectivity index (χ4v) is 3.12. The molecule has 122 valence electrons. The highest BCUT2D eigenvalue weighted by atomic mass is 16.5. The molecule has 23 heavy (non-hydrogen) atoms. The molecule has 2 atom stereocenters. The summed E-state index contributed by atoms with van der Waals surface area (Å²) in [5, 5.41) is 10.3. The second kappa shape index (κ2) is 5.98. The molecule has 3 heterocycles. The standard InChI is InChI=1S/C16H20N4O3/c1-8-4-11(6-13(21)18-8)7-17-15(22)12-5-9(2)19-16-14(12)10(3)20-23-16/h5,8,11H,4,6-7H2,1-3H3,(H,17,22)(H,18,21). The smallest absolute Gasteiger partial charge is 0.258 e. The van der Waals surface area contributed by atoms with Gasteiger partial charge in [0.1, 0.15) is 0 Å². The Bertz CT molecular complexity index is 768. The lowest BCUT2D eigenvalue weighted by Gasteiger charge is -2.27. The summed E-state index contributed by atoms with van der Waals surface area (Å²) >= 11 is 0. The molecule has 1 aliphatic heterocycles. The van der Waals surface area contributed by atoms with Gasteiger partial charge in [-0.05, 0) is 39.2 Å². The highest BCUT2D eigenvalue weighted by Crippen LogP contribution is 2.22. The number of piperidine rings is 1. The number of fused-ring (bicyclic) bond motifs is 1. The first-order valence-corrected chi connectivity index (χ1v) is 7.75. The fourth-order valence-electron chi connectivity index (χ4n) is 3.12. The maximum absolute atomic E-state index is 12.6. The molecule has 0 bridgehead atoms. The highest BCUT2D eigenvalue weighted by Gasteiger charge is 2.25. The molecule has 2 aromatic heterocycles. The number of hydrogen-bond acceptors (Lipinski definition) is 5. The molecule has 0 saturated carbocycles. The molecular formula is C16H20N4O3. The van der Waals surface area contributed by atoms with Crippen molar-refractivity contribution in [2.75, 3.05) is 6.54 Å². The lowest BCUT2D eigenvalue weighted by atomic mass is 9.92. The molecular weight excluding hydrogens is 296 g/mol. The molecule has 3 rings (SSSR count). The van der Waals surface area contributed by atoms with Crippen molar-refractivity contribution < 1.29 is 14.1 Å². The normalized spacial score (nSPS) is 21.3. The summed E-state index contributed by atoms with van der Waals surface area (Å²) in [6.07, 6.45) is 1.31. The van der Waals surface area contributed by atoms with E-state index < -0.39 is 0 Å². The van der Waals surface area contributed by atoms with Crippen molar-refractivity contribution in [1.82, 2.24) is 20.8 Å². The number of rotatable bonds is 3. The second-order valence-electron chi connectivity index (χ2n) is 6.24. The number of pyridine rings is 1. The van der Waals surface area contributed by atoms with Crippen LogP contribution in [0, 0.1) is 19.8 Å². The van der Waals surface area contributed by atoms with Gasteiger partial charge < -0.3 is 15.2 Å². The first kappa shape index (κ1) is 15.5. The molecule has 1 fully saturated rings. The Kier molecular flexibility index (Phi) is 4.02. The van der Waals surface area contributed by atoms with E-state index in [2.05, 4.69) is 20.8 Å². The Hall–Kier alpha value is -2.44. The van der Waals surface area contributed by atoms with Gasteiger partial charge in [-0.2, -0.15) is 0 Å². The lowest BCUT2D eigenvalue weighted by Crippen LogP contribution is -2.44. The van der Waals surface area contributed by atoms with Crippen molar-refractivity contribution in [3.8, 4) is 0 Å². The molecule has 0 spiro atoms. The first-order valence-electron chi connectivity index (χ1n) is 7.75. The third-order valence-corrected chi connectivity index (χ3v) is 4.11. The maximum Gasteiger partial charge on any atom is 0.258 e. The minimum Gasteiger partial charge on any atom is -0.354 e. The quantitative estimate of drug-likeness (QED) is 0.894. The zero-order chi connectivity index (χ0) is 16.6. The van der Waals surface area contributed by atoms with Gasteiger partial charge in [-0.25, -0.2) is 4.98 Å². The molecule has 2 amide bonds. The third-order valence-electron chi connectivity index (χ3n) is 4.11. The third kappa shape index (κ3) is 3.18. The summed E-state index contributed by atoms with van der Waals surface area (Å²) in [5.41, 5.74) is 2.23. The number of hydrogen-bond donors (Lipinski definition) is 2. The molecule has 7 heteroatoms. The van der Waals surface area contributed by atoms with Gasteiger partial charge >= 0.3 is 0 Å². The van der Waals surface area contributed by atoms with Crippen LogP contribution in [0.3, 0.4) is 0 Å². The second-order valence-corrected chi connectivity index (χ2v) is 6.24. The number of nitrogens with zero attached hydrogens (tertiary/aromatic N) is 2. The summed E-state index contributed by atoms with van der Waals surface area (Å²) in [6, 6.07) is 1.88. The van der Waals surface area contributed by atoms with Crippen LogP contribution in [0.4, 0.5) is 0 Å². The molecule has 0 aliphatic carbocycles. The summed E-state index contributed by atoms with van der Waals surface area (Å²) < 4.78 is 5.15. The molecule has 7 nitrogen and oxygen atoms in total. The van der Waals surface area contributed by atoms with E-state index in [4.69, 9.17) is 4.52 Å². The number of carbonyl (C=O) groups excluding carboxylic acids is 2. The van der Waals surface area contributed by atoms with E-state index in [1.54, 1.807) is 19.9 Å². The topological polar surface area (TPSA) is 97.1 Å². The summed E-state index contributed by atoms with van der Waals surface area (Å²) in [6.45, 7) is 6.04. The Morgan fingerprint density at radius 3 is 3.00 bits per heavy atom. The van der Waals surface area contributed by atoms with E-state index in [0.29, 0.717) is 41.0 Å². The zero-order valence-electron chi connectivity index (χ0n) is 13.5. The van der Waals surface area contributed by atoms with Gasteiger partial charge in [0.25, 0.3) is 11.6 Å². The van der Waals surface area contributed by atoms with Crippen LogP contribution in [-0.2, 0) is 4.79 Å². The largest absolute Gasteiger partial charge is 0.354 e. The molecule has 1 aliphatic rings. The Morgan fingerprint density at radius 1 is 1.48 bits per heavy atom. The summed E-state index contributed by atoms with van der Waals surface area (Å²) in [4.78, 5) is 28.4. The van der Waals surface area contributed by atoms with E-state index in [9.17, 15) is 9.59 Å². The first-order chi connectivity index (χ1) is 10.9. The fraction of sp³-hybridized carbons (Fsp3) is 0.500. The van der Waals surface area contributed by atoms with E-state index in [-0.39, 0.29) is 23.8 Å². The minimum absolute atomic E-state index is 0.0417. The van der Waals surface area contributed by atoms with Crippen molar-refractivity contribution in [2.45, 2.75) is 39.7 Å². The van der Waals surface area contributed by atoms with Crippen LogP contribution >= 0.6 is 0 Å². The highest BCUT2D eigenvalue weighted by molar-refractivity contribution is 6.06. The van der Waals surface area contributed by atoms with Crippen LogP contribution in [-0.4, -0.2) is 34.5 Å². The Balaban J connectivity index is 1.76. The Morgan fingerprint density at radius 2 is 2.26 bits per heavy atom. The van der Waals surface area contributed by atoms with Crippen LogP contribution in [0.2, 0.25) is 0 Å². The molecule has 1 saturated heterocycles. The molecule has 2 aromatic rings. The van der Waals surface area contributed by atoms with Crippen LogP contribution in [0.15, 0.2) is 10.6 Å². The lowest BCUT2D eigenvalue weighted by molar-refractivity contribution is -0.124. The van der Waals surface area contributed by atoms with Crippen LogP contribution in [0.1, 0.15) is 41.5 Å². The van der Waals surface area contributed by atoms with Gasteiger partial charge in [0, 0.05) is 24.7 Å². The summed E-state index contributed by atoms with van der Waals surface area (Å²) in [7, 11) is 0. The van der Waals surface area contributed by atoms with Gasteiger partial charge in [0.05, 0.1) is 16.6 Å². The van der Waals surface area contributed by atoms with Crippen LogP contribution in [0.25, 0.3) is 11.1 Å². The van der Waals surface area contributed by atoms with Gasteiger partial charge in [0.2, 0.25) is 5.91 Å². The predicted molar refractivity (Wildman–Crippen MR) is 83.9 cm³/mol. The number of amides is 2. The van der Waals surface area contributed by atoms with Crippen molar-refractivity contribution in [2.24, 2.45) is 5.92 Å². The monoisotopic (exact) mass is 316 g/mol. The SMILES string of the molecule is Cc1cc(C(=O)NCC2CC(=O)NC(C)C2)c2c(C)noc2n1. The van der Waals surface area contributed by atoms with Crippen LogP contribution in [0.5, 0.6) is 0 Å². The van der Waals surface area contributed by atoms with Gasteiger partial charge in [-0.1, -0.05) is 5.16 Å². The van der Waals surface area contributed by atoms with Gasteiger partial charge in [-0.15, -0.1) is 0 Å². The van der Waals surface area contributed by atoms with Crippen molar-refractivity contribution in [3.05, 3.63) is 23.0 Å². The molecule has 2 N–H and O–H groups in total. The summed E-state index contributed by atoms with van der Waals surface area (Å²) in [5.74, 6) is 0.00940. The van der Waals surface area contributed by atoms with E-state index in [1.807, 2.05) is 6.92 Å². The molecule has 2 unspecified atom stereocenters. The maximum atomic E-state index is 12.6. The molecule has 0 aromatic carbocycles. The predicted octanol–water partition coefficient (Wildman–Crippen LogP) is 1.48. The van der Waals surface area contributed by atoms with Crippen molar-refractivity contribution in [1.29, 1.82) is 0 Å². The van der Waals surface area contributed by atoms with E-state index in [0.717, 1.165) is 6.42 Å². The van der Waals surface area contributed by atoms with E-state index in [1.165, 1.54) is 0 Å². The molecule has 0 radical (unpaired) electrons. The van der Waals surface area contributed by atoms with Crippen molar-refractivity contribution in [3.63, 3.8) is 0 Å². The van der Waals surface area contributed by atoms with Gasteiger partial charge in [0.15, 0.2) is 0 Å². The zero-order valence-corrected chi connectivity index (χ0v) is 13.5. The number of aryl methyl sites for hydroxylation is 2. The number of nitrogens with one attached hydrogen (secondary N) is 2. The minimum atomic E-state index is -0.189. The number of carbonyl (C=O) groups is 2. The average Bonchev–Trinajstić information content (AvgIpc) is 2.84. The Labute approximate surface area is 133 Å². The number of aromatic nitrogens is 2. The van der Waals surface area contributed by atoms with Crippen molar-refractivity contribution >= 4 is 22.9 Å². The van der Waals surface area contributed by atoms with Gasteiger partial charge in [-0.3, -0.25) is 9.59 Å². The van der Waals surface area contributed by atoms with Crippen LogP contribution < -0.4 is 10.6 Å². The average molecular weight is 316 g/mol. The van der Waals surface area contributed by atoms with E-state index >= 15 is 0 Å².